The average molecular weight is 444 g/mol. The van der Waals surface area contributed by atoms with Gasteiger partial charge in [-0.25, -0.2) is 0 Å². The van der Waals surface area contributed by atoms with Crippen LogP contribution in [-0.2, 0) is 9.53 Å². The maximum Gasteiger partial charge on any atom is 0.234 e. The van der Waals surface area contributed by atoms with Crippen LogP contribution in [0.2, 0.25) is 5.02 Å². The van der Waals surface area contributed by atoms with Crippen molar-refractivity contribution in [1.82, 2.24) is 14.8 Å². The molecule has 0 saturated carbocycles. The molecule has 2 aromatic carbocycles. The van der Waals surface area contributed by atoms with E-state index in [1.807, 2.05) is 16.7 Å². The van der Waals surface area contributed by atoms with E-state index in [1.54, 1.807) is 24.3 Å². The zero-order chi connectivity index (χ0) is 20.9. The van der Waals surface area contributed by atoms with Crippen LogP contribution < -0.4 is 10.2 Å². The molecule has 2 heterocycles. The molecule has 30 heavy (non-hydrogen) atoms. The summed E-state index contributed by atoms with van der Waals surface area (Å²) >= 11 is 7.25. The van der Waals surface area contributed by atoms with E-state index in [1.165, 1.54) is 17.3 Å². The number of anilines is 2. The van der Waals surface area contributed by atoms with E-state index in [4.69, 9.17) is 16.3 Å². The molecule has 0 spiro atoms. The minimum Gasteiger partial charge on any atom is -0.378 e. The average Bonchev–Trinajstić information content (AvgIpc) is 3.19. The molecule has 9 heteroatoms. The van der Waals surface area contributed by atoms with Gasteiger partial charge in [-0.2, -0.15) is 0 Å². The molecule has 1 aliphatic heterocycles. The van der Waals surface area contributed by atoms with E-state index in [0.717, 1.165) is 24.7 Å². The van der Waals surface area contributed by atoms with Gasteiger partial charge in [0.05, 0.1) is 24.7 Å². The first-order valence-electron chi connectivity index (χ1n) is 9.63. The molecule has 0 radical (unpaired) electrons. The normalized spacial score (nSPS) is 14.0. The standard InChI is InChI=1S/C21H22ClN5O2S/c1-15-2-8-18(9-3-15)27-20(26-10-12-29-13-11-26)24-25-21(27)30-14-19(28)23-17-6-4-16(22)5-7-17/h2-9H,10-14H2,1H3,(H,23,28). The van der Waals surface area contributed by atoms with Crippen LogP contribution in [0.25, 0.3) is 5.69 Å². The van der Waals surface area contributed by atoms with Gasteiger partial charge < -0.3 is 15.0 Å². The van der Waals surface area contributed by atoms with Gasteiger partial charge in [0.25, 0.3) is 0 Å². The molecule has 1 saturated heterocycles. The Hall–Kier alpha value is -2.55. The molecular weight excluding hydrogens is 422 g/mol. The lowest BCUT2D eigenvalue weighted by atomic mass is 10.2. The van der Waals surface area contributed by atoms with Crippen molar-refractivity contribution in [3.05, 3.63) is 59.1 Å². The zero-order valence-corrected chi connectivity index (χ0v) is 18.1. The number of morpholine rings is 1. The molecule has 1 aliphatic rings. The smallest absolute Gasteiger partial charge is 0.234 e. The number of rotatable bonds is 6. The molecule has 7 nitrogen and oxygen atoms in total. The molecule has 0 bridgehead atoms. The Kier molecular flexibility index (Phi) is 6.56. The second-order valence-electron chi connectivity index (χ2n) is 6.90. The van der Waals surface area contributed by atoms with Gasteiger partial charge in [-0.1, -0.05) is 41.1 Å². The fourth-order valence-electron chi connectivity index (χ4n) is 3.10. The number of aryl methyl sites for hydroxylation is 1. The number of ether oxygens (including phenoxy) is 1. The van der Waals surface area contributed by atoms with E-state index in [2.05, 4.69) is 39.5 Å². The van der Waals surface area contributed by atoms with Crippen molar-refractivity contribution in [2.45, 2.75) is 12.1 Å². The molecule has 0 atom stereocenters. The second-order valence-corrected chi connectivity index (χ2v) is 8.28. The lowest BCUT2D eigenvalue weighted by Crippen LogP contribution is -2.37. The van der Waals surface area contributed by atoms with E-state index in [9.17, 15) is 4.79 Å². The molecule has 1 amide bonds. The Morgan fingerprint density at radius 2 is 1.80 bits per heavy atom. The molecule has 156 valence electrons. The predicted octanol–water partition coefficient (Wildman–Crippen LogP) is 3.80. The number of carbonyl (C=O) groups excluding carboxylic acids is 1. The third-order valence-corrected chi connectivity index (χ3v) is 5.84. The van der Waals surface area contributed by atoms with E-state index in [0.29, 0.717) is 29.1 Å². The number of aromatic nitrogens is 3. The van der Waals surface area contributed by atoms with E-state index >= 15 is 0 Å². The number of nitrogens with zero attached hydrogens (tertiary/aromatic N) is 4. The van der Waals surface area contributed by atoms with Gasteiger partial charge in [0, 0.05) is 23.8 Å². The highest BCUT2D eigenvalue weighted by atomic mass is 35.5. The summed E-state index contributed by atoms with van der Waals surface area (Å²) in [7, 11) is 0. The predicted molar refractivity (Wildman–Crippen MR) is 120 cm³/mol. The van der Waals surface area contributed by atoms with Crippen molar-refractivity contribution < 1.29 is 9.53 Å². The van der Waals surface area contributed by atoms with Crippen molar-refractivity contribution >= 4 is 40.9 Å². The third-order valence-electron chi connectivity index (χ3n) is 4.66. The molecule has 0 aliphatic carbocycles. The quantitative estimate of drug-likeness (QED) is 0.584. The number of halogens is 1. The lowest BCUT2D eigenvalue weighted by molar-refractivity contribution is -0.113. The van der Waals surface area contributed by atoms with Crippen LogP contribution in [0.3, 0.4) is 0 Å². The summed E-state index contributed by atoms with van der Waals surface area (Å²) in [5.74, 6) is 0.867. The number of nitrogens with one attached hydrogen (secondary N) is 1. The minimum atomic E-state index is -0.117. The number of benzene rings is 2. The number of amides is 1. The van der Waals surface area contributed by atoms with Crippen LogP contribution in [0.1, 0.15) is 5.56 Å². The summed E-state index contributed by atoms with van der Waals surface area (Å²) in [6.07, 6.45) is 0. The van der Waals surface area contributed by atoms with Gasteiger partial charge in [0.15, 0.2) is 5.16 Å². The highest BCUT2D eigenvalue weighted by Gasteiger charge is 2.22. The van der Waals surface area contributed by atoms with Crippen molar-refractivity contribution in [2.24, 2.45) is 0 Å². The Bertz CT molecular complexity index is 1000. The maximum atomic E-state index is 12.4. The molecular formula is C21H22ClN5O2S. The van der Waals surface area contributed by atoms with Crippen molar-refractivity contribution in [3.63, 3.8) is 0 Å². The first-order valence-corrected chi connectivity index (χ1v) is 11.0. The van der Waals surface area contributed by atoms with Crippen LogP contribution >= 0.6 is 23.4 Å². The lowest BCUT2D eigenvalue weighted by Gasteiger charge is -2.27. The van der Waals surface area contributed by atoms with Gasteiger partial charge in [-0.05, 0) is 43.3 Å². The molecule has 1 fully saturated rings. The maximum absolute atomic E-state index is 12.4. The fourth-order valence-corrected chi connectivity index (χ4v) is 3.98. The van der Waals surface area contributed by atoms with Gasteiger partial charge in [0.1, 0.15) is 0 Å². The SMILES string of the molecule is Cc1ccc(-n2c(SCC(=O)Nc3ccc(Cl)cc3)nnc2N2CCOCC2)cc1. The van der Waals surface area contributed by atoms with Crippen LogP contribution in [-0.4, -0.2) is 52.7 Å². The molecule has 4 rings (SSSR count). The number of carbonyl (C=O) groups is 1. The third kappa shape index (κ3) is 4.95. The van der Waals surface area contributed by atoms with Crippen molar-refractivity contribution in [2.75, 3.05) is 42.3 Å². The van der Waals surface area contributed by atoms with Crippen LogP contribution in [0.5, 0.6) is 0 Å². The van der Waals surface area contributed by atoms with Crippen molar-refractivity contribution in [3.8, 4) is 5.69 Å². The second kappa shape index (κ2) is 9.51. The number of hydrogen-bond donors (Lipinski definition) is 1. The number of hydrogen-bond acceptors (Lipinski definition) is 6. The number of thioether (sulfide) groups is 1. The Labute approximate surface area is 184 Å². The molecule has 1 N–H and O–H groups in total. The highest BCUT2D eigenvalue weighted by Crippen LogP contribution is 2.27. The molecule has 1 aromatic heterocycles. The van der Waals surface area contributed by atoms with Gasteiger partial charge >= 0.3 is 0 Å². The van der Waals surface area contributed by atoms with E-state index < -0.39 is 0 Å². The van der Waals surface area contributed by atoms with Gasteiger partial charge in [-0.15, -0.1) is 10.2 Å². The molecule has 3 aromatic rings. The summed E-state index contributed by atoms with van der Waals surface area (Å²) in [5, 5.41) is 13.0. The van der Waals surface area contributed by atoms with Crippen LogP contribution in [0.4, 0.5) is 11.6 Å². The Morgan fingerprint density at radius 1 is 1.10 bits per heavy atom. The molecule has 0 unspecified atom stereocenters. The summed E-state index contributed by atoms with van der Waals surface area (Å²) in [5.41, 5.74) is 2.85. The topological polar surface area (TPSA) is 72.3 Å². The fraction of sp³-hybridized carbons (Fsp3) is 0.286. The highest BCUT2D eigenvalue weighted by molar-refractivity contribution is 7.99. The van der Waals surface area contributed by atoms with Gasteiger partial charge in [-0.3, -0.25) is 9.36 Å². The van der Waals surface area contributed by atoms with Crippen LogP contribution in [0.15, 0.2) is 53.7 Å². The summed E-state index contributed by atoms with van der Waals surface area (Å²) in [6.45, 7) is 4.88. The summed E-state index contributed by atoms with van der Waals surface area (Å²) < 4.78 is 7.47. The Balaban J connectivity index is 1.53. The van der Waals surface area contributed by atoms with E-state index in [-0.39, 0.29) is 11.7 Å². The summed E-state index contributed by atoms with van der Waals surface area (Å²) in [6, 6.07) is 15.2. The van der Waals surface area contributed by atoms with Gasteiger partial charge in [0.2, 0.25) is 11.9 Å². The summed E-state index contributed by atoms with van der Waals surface area (Å²) in [4.78, 5) is 14.6. The Morgan fingerprint density at radius 3 is 2.50 bits per heavy atom. The van der Waals surface area contributed by atoms with Crippen molar-refractivity contribution in [1.29, 1.82) is 0 Å². The first-order chi connectivity index (χ1) is 14.6. The zero-order valence-electron chi connectivity index (χ0n) is 16.5. The van der Waals surface area contributed by atoms with Crippen LogP contribution in [0, 0.1) is 6.92 Å². The first kappa shape index (κ1) is 20.7. The monoisotopic (exact) mass is 443 g/mol. The largest absolute Gasteiger partial charge is 0.378 e. The minimum absolute atomic E-state index is 0.117.